The summed E-state index contributed by atoms with van der Waals surface area (Å²) in [6, 6.07) is 5.89. The second kappa shape index (κ2) is 5.64. The van der Waals surface area contributed by atoms with Crippen molar-refractivity contribution in [3.8, 4) is 0 Å². The van der Waals surface area contributed by atoms with Crippen molar-refractivity contribution in [3.63, 3.8) is 0 Å². The van der Waals surface area contributed by atoms with Gasteiger partial charge in [0, 0.05) is 18.7 Å². The van der Waals surface area contributed by atoms with Crippen molar-refractivity contribution >= 4 is 17.6 Å². The molecule has 5 nitrogen and oxygen atoms in total. The summed E-state index contributed by atoms with van der Waals surface area (Å²) in [6.07, 6.45) is 1.26. The van der Waals surface area contributed by atoms with E-state index >= 15 is 0 Å². The monoisotopic (exact) mass is 248 g/mol. The fourth-order valence-electron chi connectivity index (χ4n) is 1.99. The van der Waals surface area contributed by atoms with Gasteiger partial charge >= 0.3 is 5.97 Å². The number of rotatable bonds is 6. The van der Waals surface area contributed by atoms with E-state index in [-0.39, 0.29) is 12.3 Å². The SMILES string of the molecule is O=C(O)CCCNCc1ccc2c(c1)CC(=O)N2. The van der Waals surface area contributed by atoms with E-state index in [2.05, 4.69) is 10.6 Å². The fraction of sp³-hybridized carbons (Fsp3) is 0.385. The summed E-state index contributed by atoms with van der Waals surface area (Å²) in [5, 5.41) is 14.5. The minimum Gasteiger partial charge on any atom is -0.481 e. The number of carboxylic acids is 1. The summed E-state index contributed by atoms with van der Waals surface area (Å²) < 4.78 is 0. The third-order valence-electron chi connectivity index (χ3n) is 2.87. The third-order valence-corrected chi connectivity index (χ3v) is 2.87. The molecule has 0 spiro atoms. The number of anilines is 1. The van der Waals surface area contributed by atoms with Crippen molar-refractivity contribution in [3.05, 3.63) is 29.3 Å². The predicted octanol–water partition coefficient (Wildman–Crippen LogP) is 1.14. The van der Waals surface area contributed by atoms with Gasteiger partial charge in [0.2, 0.25) is 5.91 Å². The number of fused-ring (bicyclic) bond motifs is 1. The van der Waals surface area contributed by atoms with Crippen molar-refractivity contribution in [1.82, 2.24) is 5.32 Å². The number of aliphatic carboxylic acids is 1. The molecule has 18 heavy (non-hydrogen) atoms. The summed E-state index contributed by atoms with van der Waals surface area (Å²) in [5.41, 5.74) is 3.04. The summed E-state index contributed by atoms with van der Waals surface area (Å²) in [7, 11) is 0. The van der Waals surface area contributed by atoms with Crippen LogP contribution in [0, 0.1) is 0 Å². The molecule has 3 N–H and O–H groups in total. The lowest BCUT2D eigenvalue weighted by atomic mass is 10.1. The molecule has 2 rings (SSSR count). The largest absolute Gasteiger partial charge is 0.481 e. The van der Waals surface area contributed by atoms with Gasteiger partial charge in [0.15, 0.2) is 0 Å². The molecule has 1 amide bonds. The zero-order valence-corrected chi connectivity index (χ0v) is 10.0. The number of hydrogen-bond donors (Lipinski definition) is 3. The van der Waals surface area contributed by atoms with E-state index in [0.29, 0.717) is 25.9 Å². The number of carboxylic acid groups (broad SMARTS) is 1. The van der Waals surface area contributed by atoms with E-state index in [4.69, 9.17) is 5.11 Å². The molecule has 96 valence electrons. The van der Waals surface area contributed by atoms with Gasteiger partial charge in [-0.15, -0.1) is 0 Å². The van der Waals surface area contributed by atoms with Gasteiger partial charge in [-0.2, -0.15) is 0 Å². The van der Waals surface area contributed by atoms with Crippen LogP contribution in [0.5, 0.6) is 0 Å². The Morgan fingerprint density at radius 1 is 1.44 bits per heavy atom. The summed E-state index contributed by atoms with van der Waals surface area (Å²) in [4.78, 5) is 21.5. The molecule has 1 heterocycles. The van der Waals surface area contributed by atoms with E-state index in [9.17, 15) is 9.59 Å². The van der Waals surface area contributed by atoms with Crippen molar-refractivity contribution < 1.29 is 14.7 Å². The van der Waals surface area contributed by atoms with Crippen LogP contribution in [-0.4, -0.2) is 23.5 Å². The molecule has 1 aromatic rings. The van der Waals surface area contributed by atoms with Crippen molar-refractivity contribution in [1.29, 1.82) is 0 Å². The Kier molecular flexibility index (Phi) is 3.94. The Labute approximate surface area is 105 Å². The van der Waals surface area contributed by atoms with E-state index < -0.39 is 5.97 Å². The smallest absolute Gasteiger partial charge is 0.303 e. The highest BCUT2D eigenvalue weighted by atomic mass is 16.4. The molecule has 1 aliphatic heterocycles. The summed E-state index contributed by atoms with van der Waals surface area (Å²) in [5.74, 6) is -0.726. The van der Waals surface area contributed by atoms with Crippen LogP contribution >= 0.6 is 0 Å². The number of nitrogens with one attached hydrogen (secondary N) is 2. The number of carbonyl (C=O) groups is 2. The quantitative estimate of drug-likeness (QED) is 0.659. The van der Waals surface area contributed by atoms with Crippen molar-refractivity contribution in [2.24, 2.45) is 0 Å². The molecule has 1 aliphatic rings. The molecule has 0 bridgehead atoms. The van der Waals surface area contributed by atoms with Crippen LogP contribution in [0.25, 0.3) is 0 Å². The van der Waals surface area contributed by atoms with Crippen LogP contribution in [0.2, 0.25) is 0 Å². The number of hydrogen-bond acceptors (Lipinski definition) is 3. The maximum Gasteiger partial charge on any atom is 0.303 e. The molecule has 0 aliphatic carbocycles. The van der Waals surface area contributed by atoms with Crippen LogP contribution in [0.4, 0.5) is 5.69 Å². The lowest BCUT2D eigenvalue weighted by molar-refractivity contribution is -0.137. The van der Waals surface area contributed by atoms with Gasteiger partial charge < -0.3 is 15.7 Å². The second-order valence-corrected chi connectivity index (χ2v) is 4.39. The zero-order chi connectivity index (χ0) is 13.0. The van der Waals surface area contributed by atoms with E-state index in [0.717, 1.165) is 16.8 Å². The van der Waals surface area contributed by atoms with Crippen LogP contribution in [0.3, 0.4) is 0 Å². The van der Waals surface area contributed by atoms with Crippen LogP contribution in [-0.2, 0) is 22.6 Å². The molecule has 0 aromatic heterocycles. The first-order chi connectivity index (χ1) is 8.65. The standard InChI is InChI=1S/C13H16N2O3/c16-12-7-10-6-9(3-4-11(10)15-12)8-14-5-1-2-13(17)18/h3-4,6,14H,1-2,5,7-8H2,(H,15,16)(H,17,18). The molecule has 0 unspecified atom stereocenters. The van der Waals surface area contributed by atoms with E-state index in [1.54, 1.807) is 0 Å². The molecule has 0 atom stereocenters. The Morgan fingerprint density at radius 3 is 3.06 bits per heavy atom. The van der Waals surface area contributed by atoms with Crippen molar-refractivity contribution in [2.75, 3.05) is 11.9 Å². The summed E-state index contributed by atoms with van der Waals surface area (Å²) in [6.45, 7) is 1.38. The van der Waals surface area contributed by atoms with Crippen LogP contribution < -0.4 is 10.6 Å². The molecule has 0 radical (unpaired) electrons. The molecular weight excluding hydrogens is 232 g/mol. The van der Waals surface area contributed by atoms with Gasteiger partial charge in [-0.05, 0) is 30.2 Å². The molecular formula is C13H16N2O3. The van der Waals surface area contributed by atoms with Gasteiger partial charge in [0.05, 0.1) is 6.42 Å². The second-order valence-electron chi connectivity index (χ2n) is 4.39. The maximum atomic E-state index is 11.2. The van der Waals surface area contributed by atoms with Crippen LogP contribution in [0.1, 0.15) is 24.0 Å². The van der Waals surface area contributed by atoms with Gasteiger partial charge in [-0.25, -0.2) is 0 Å². The molecule has 0 fully saturated rings. The number of benzene rings is 1. The molecule has 5 heteroatoms. The van der Waals surface area contributed by atoms with E-state index in [1.807, 2.05) is 18.2 Å². The maximum absolute atomic E-state index is 11.2. The average Bonchev–Trinajstić information content (AvgIpc) is 2.67. The lowest BCUT2D eigenvalue weighted by Crippen LogP contribution is -2.15. The zero-order valence-electron chi connectivity index (χ0n) is 10.0. The van der Waals surface area contributed by atoms with Crippen molar-refractivity contribution in [2.45, 2.75) is 25.8 Å². The van der Waals surface area contributed by atoms with Crippen LogP contribution in [0.15, 0.2) is 18.2 Å². The highest BCUT2D eigenvalue weighted by Gasteiger charge is 2.17. The Balaban J connectivity index is 1.79. The Morgan fingerprint density at radius 2 is 2.28 bits per heavy atom. The normalized spacial score (nSPS) is 13.2. The van der Waals surface area contributed by atoms with Gasteiger partial charge in [-0.3, -0.25) is 9.59 Å². The first-order valence-corrected chi connectivity index (χ1v) is 5.99. The number of amides is 1. The lowest BCUT2D eigenvalue weighted by Gasteiger charge is -2.06. The molecule has 0 saturated carbocycles. The molecule has 1 aromatic carbocycles. The van der Waals surface area contributed by atoms with Gasteiger partial charge in [0.1, 0.15) is 0 Å². The Bertz CT molecular complexity index is 471. The highest BCUT2D eigenvalue weighted by molar-refractivity contribution is 5.99. The Hall–Kier alpha value is -1.88. The first kappa shape index (κ1) is 12.6. The van der Waals surface area contributed by atoms with E-state index in [1.165, 1.54) is 0 Å². The molecule has 0 saturated heterocycles. The minimum absolute atomic E-state index is 0.0385. The minimum atomic E-state index is -0.765. The van der Waals surface area contributed by atoms with Gasteiger partial charge in [0.25, 0.3) is 0 Å². The first-order valence-electron chi connectivity index (χ1n) is 5.99. The fourth-order valence-corrected chi connectivity index (χ4v) is 1.99. The number of carbonyl (C=O) groups excluding carboxylic acids is 1. The van der Waals surface area contributed by atoms with Gasteiger partial charge in [-0.1, -0.05) is 12.1 Å². The predicted molar refractivity (Wildman–Crippen MR) is 67.4 cm³/mol. The summed E-state index contributed by atoms with van der Waals surface area (Å²) >= 11 is 0. The third kappa shape index (κ3) is 3.30. The topological polar surface area (TPSA) is 78.4 Å². The average molecular weight is 248 g/mol. The highest BCUT2D eigenvalue weighted by Crippen LogP contribution is 2.23.